The minimum absolute atomic E-state index is 0.0317. The van der Waals surface area contributed by atoms with E-state index in [-0.39, 0.29) is 5.69 Å². The van der Waals surface area contributed by atoms with E-state index in [0.717, 1.165) is 16.2 Å². The van der Waals surface area contributed by atoms with Crippen LogP contribution in [0.4, 0.5) is 11.4 Å². The minimum atomic E-state index is -0.466. The van der Waals surface area contributed by atoms with Gasteiger partial charge in [0.05, 0.1) is 11.2 Å². The molecule has 1 heterocycles. The average Bonchev–Trinajstić information content (AvgIpc) is 2.81. The van der Waals surface area contributed by atoms with Gasteiger partial charge in [-0.05, 0) is 24.6 Å². The number of nitro benzene ring substituents is 1. The van der Waals surface area contributed by atoms with Gasteiger partial charge >= 0.3 is 0 Å². The van der Waals surface area contributed by atoms with Gasteiger partial charge in [0.15, 0.2) is 0 Å². The molecule has 7 heteroatoms. The van der Waals surface area contributed by atoms with Crippen LogP contribution in [0, 0.1) is 17.0 Å². The third-order valence-corrected chi connectivity index (χ3v) is 3.83. The van der Waals surface area contributed by atoms with E-state index in [1.807, 2.05) is 13.0 Å². The summed E-state index contributed by atoms with van der Waals surface area (Å²) in [6, 6.07) is 6.75. The summed E-state index contributed by atoms with van der Waals surface area (Å²) in [4.78, 5) is 11.4. The monoisotopic (exact) mass is 279 g/mol. The number of nitrogens with zero attached hydrogens (tertiary/aromatic N) is 1. The Labute approximate surface area is 114 Å². The van der Waals surface area contributed by atoms with Crippen molar-refractivity contribution >= 4 is 23.1 Å². The highest BCUT2D eigenvalue weighted by Crippen LogP contribution is 2.30. The molecular weight excluding hydrogens is 266 g/mol. The molecule has 19 heavy (non-hydrogen) atoms. The van der Waals surface area contributed by atoms with E-state index >= 15 is 0 Å². The number of nitro groups is 1. The summed E-state index contributed by atoms with van der Waals surface area (Å²) in [5.41, 5.74) is 3.58. The second-order valence-corrected chi connectivity index (χ2v) is 4.90. The molecule has 1 aromatic heterocycles. The average molecular weight is 279 g/mol. The van der Waals surface area contributed by atoms with E-state index in [1.54, 1.807) is 30.2 Å². The van der Waals surface area contributed by atoms with Crippen LogP contribution in [-0.4, -0.2) is 4.92 Å². The number of hydrazine groups is 1. The molecule has 2 rings (SSSR count). The molecule has 0 bridgehead atoms. The Morgan fingerprint density at radius 1 is 1.47 bits per heavy atom. The maximum atomic E-state index is 10.8. The number of aryl methyl sites for hydroxylation is 1. The van der Waals surface area contributed by atoms with Gasteiger partial charge in [-0.15, -0.1) is 11.8 Å². The standard InChI is InChI=1S/C12H13N3O3S/c1-8-12(4-5-18-8)19-7-9-2-3-11(15(16)17)10(6-9)14-13/h2-6,14H,7,13H2,1H3. The summed E-state index contributed by atoms with van der Waals surface area (Å²) >= 11 is 1.61. The van der Waals surface area contributed by atoms with E-state index in [2.05, 4.69) is 5.43 Å². The van der Waals surface area contributed by atoms with Gasteiger partial charge in [0.25, 0.3) is 5.69 Å². The van der Waals surface area contributed by atoms with Crippen molar-refractivity contribution in [3.05, 3.63) is 52.0 Å². The summed E-state index contributed by atoms with van der Waals surface area (Å²) in [7, 11) is 0. The number of nitrogens with two attached hydrogens (primary N) is 1. The van der Waals surface area contributed by atoms with Crippen LogP contribution in [0.1, 0.15) is 11.3 Å². The van der Waals surface area contributed by atoms with Gasteiger partial charge in [0.2, 0.25) is 0 Å². The highest BCUT2D eigenvalue weighted by Gasteiger charge is 2.13. The quantitative estimate of drug-likeness (QED) is 0.378. The van der Waals surface area contributed by atoms with Crippen molar-refractivity contribution in [3.8, 4) is 0 Å². The maximum Gasteiger partial charge on any atom is 0.293 e. The van der Waals surface area contributed by atoms with Gasteiger partial charge in [0.1, 0.15) is 11.4 Å². The summed E-state index contributed by atoms with van der Waals surface area (Å²) in [6.45, 7) is 1.89. The van der Waals surface area contributed by atoms with Gasteiger partial charge in [-0.25, -0.2) is 0 Å². The predicted molar refractivity (Wildman–Crippen MR) is 73.9 cm³/mol. The number of benzene rings is 1. The summed E-state index contributed by atoms with van der Waals surface area (Å²) in [5.74, 6) is 6.85. The molecule has 0 atom stereocenters. The molecule has 100 valence electrons. The first-order valence-electron chi connectivity index (χ1n) is 5.52. The topological polar surface area (TPSA) is 94.3 Å². The van der Waals surface area contributed by atoms with Crippen LogP contribution in [0.2, 0.25) is 0 Å². The molecule has 0 unspecified atom stereocenters. The van der Waals surface area contributed by atoms with E-state index < -0.39 is 4.92 Å². The Hall–Kier alpha value is -1.99. The molecular formula is C12H13N3O3S. The predicted octanol–water partition coefficient (Wildman–Crippen LogP) is 3.07. The third kappa shape index (κ3) is 3.07. The lowest BCUT2D eigenvalue weighted by atomic mass is 10.2. The van der Waals surface area contributed by atoms with Gasteiger partial charge in [0, 0.05) is 16.7 Å². The molecule has 0 saturated carbocycles. The Morgan fingerprint density at radius 3 is 2.84 bits per heavy atom. The minimum Gasteiger partial charge on any atom is -0.468 e. The van der Waals surface area contributed by atoms with Crippen molar-refractivity contribution in [3.63, 3.8) is 0 Å². The Bertz CT molecular complexity index is 598. The number of hydrogen-bond acceptors (Lipinski definition) is 6. The van der Waals surface area contributed by atoms with E-state index in [4.69, 9.17) is 10.3 Å². The Morgan fingerprint density at radius 2 is 2.26 bits per heavy atom. The second kappa shape index (κ2) is 5.77. The zero-order valence-electron chi connectivity index (χ0n) is 10.3. The molecule has 6 nitrogen and oxygen atoms in total. The molecule has 1 aromatic carbocycles. The lowest BCUT2D eigenvalue weighted by Gasteiger charge is -2.05. The van der Waals surface area contributed by atoms with Crippen molar-refractivity contribution in [2.45, 2.75) is 17.6 Å². The first-order valence-corrected chi connectivity index (χ1v) is 6.51. The lowest BCUT2D eigenvalue weighted by molar-refractivity contribution is -0.384. The van der Waals surface area contributed by atoms with E-state index in [9.17, 15) is 10.1 Å². The van der Waals surface area contributed by atoms with E-state index in [0.29, 0.717) is 11.4 Å². The summed E-state index contributed by atoms with van der Waals surface area (Å²) in [6.07, 6.45) is 1.64. The van der Waals surface area contributed by atoms with Crippen LogP contribution in [-0.2, 0) is 5.75 Å². The van der Waals surface area contributed by atoms with Crippen LogP contribution >= 0.6 is 11.8 Å². The van der Waals surface area contributed by atoms with Gasteiger partial charge in [-0.2, -0.15) is 0 Å². The molecule has 0 aliphatic heterocycles. The lowest BCUT2D eigenvalue weighted by Crippen LogP contribution is -2.09. The highest BCUT2D eigenvalue weighted by atomic mass is 32.2. The van der Waals surface area contributed by atoms with E-state index in [1.165, 1.54) is 6.07 Å². The zero-order chi connectivity index (χ0) is 13.8. The van der Waals surface area contributed by atoms with Crippen LogP contribution in [0.25, 0.3) is 0 Å². The van der Waals surface area contributed by atoms with Crippen molar-refractivity contribution in [2.75, 3.05) is 5.43 Å². The smallest absolute Gasteiger partial charge is 0.293 e. The van der Waals surface area contributed by atoms with Crippen molar-refractivity contribution in [2.24, 2.45) is 5.84 Å². The maximum absolute atomic E-state index is 10.8. The van der Waals surface area contributed by atoms with Crippen LogP contribution < -0.4 is 11.3 Å². The fourth-order valence-corrected chi connectivity index (χ4v) is 2.54. The van der Waals surface area contributed by atoms with Crippen LogP contribution in [0.15, 0.2) is 39.8 Å². The molecule has 0 radical (unpaired) electrons. The highest BCUT2D eigenvalue weighted by molar-refractivity contribution is 7.98. The number of anilines is 1. The largest absolute Gasteiger partial charge is 0.468 e. The number of nitrogens with one attached hydrogen (secondary N) is 1. The van der Waals surface area contributed by atoms with Crippen molar-refractivity contribution in [1.82, 2.24) is 0 Å². The first kappa shape index (κ1) is 13.4. The zero-order valence-corrected chi connectivity index (χ0v) is 11.1. The molecule has 0 aliphatic rings. The number of furan rings is 1. The Balaban J connectivity index is 2.13. The van der Waals surface area contributed by atoms with Crippen molar-refractivity contribution < 1.29 is 9.34 Å². The Kier molecular flexibility index (Phi) is 4.08. The molecule has 0 amide bonds. The van der Waals surface area contributed by atoms with Crippen molar-refractivity contribution in [1.29, 1.82) is 0 Å². The normalized spacial score (nSPS) is 10.4. The fourth-order valence-electron chi connectivity index (χ4n) is 1.63. The third-order valence-electron chi connectivity index (χ3n) is 2.62. The molecule has 0 fully saturated rings. The number of rotatable bonds is 5. The molecule has 0 saturated heterocycles. The van der Waals surface area contributed by atoms with Crippen LogP contribution in [0.5, 0.6) is 0 Å². The first-order chi connectivity index (χ1) is 9.11. The molecule has 2 aromatic rings. The number of thioether (sulfide) groups is 1. The molecule has 0 spiro atoms. The van der Waals surface area contributed by atoms with Crippen LogP contribution in [0.3, 0.4) is 0 Å². The second-order valence-electron chi connectivity index (χ2n) is 3.88. The number of hydrogen-bond donors (Lipinski definition) is 2. The van der Waals surface area contributed by atoms with Gasteiger partial charge < -0.3 is 9.84 Å². The van der Waals surface area contributed by atoms with Gasteiger partial charge in [-0.3, -0.25) is 16.0 Å². The number of nitrogen functional groups attached to an aromatic ring is 1. The fraction of sp³-hybridized carbons (Fsp3) is 0.167. The van der Waals surface area contributed by atoms with Gasteiger partial charge in [-0.1, -0.05) is 6.07 Å². The molecule has 0 aliphatic carbocycles. The summed E-state index contributed by atoms with van der Waals surface area (Å²) < 4.78 is 5.21. The molecule has 3 N–H and O–H groups in total. The SMILES string of the molecule is Cc1occc1SCc1ccc([N+](=O)[O-])c(NN)c1. The summed E-state index contributed by atoms with van der Waals surface area (Å²) in [5, 5.41) is 10.8.